The molecular weight excluding hydrogens is 497 g/mol. The minimum Gasteiger partial charge on any atom is -0.505 e. The summed E-state index contributed by atoms with van der Waals surface area (Å²) in [5.74, 6) is -1.59. The largest absolute Gasteiger partial charge is 0.505 e. The Hall–Kier alpha value is -3.65. The number of nitrogens with zero attached hydrogens (tertiary/aromatic N) is 3. The van der Waals surface area contributed by atoms with Crippen LogP contribution in [0.5, 0.6) is 11.6 Å². The van der Waals surface area contributed by atoms with Gasteiger partial charge < -0.3 is 19.6 Å². The molecule has 0 atom stereocenters. The smallest absolute Gasteiger partial charge is 0.263 e. The van der Waals surface area contributed by atoms with E-state index in [1.165, 1.54) is 18.3 Å². The molecule has 2 amide bonds. The molecule has 3 heterocycles. The topological polar surface area (TPSA) is 83.0 Å². The molecule has 3 aromatic rings. The monoisotopic (exact) mass is 523 g/mol. The van der Waals surface area contributed by atoms with E-state index < -0.39 is 11.6 Å². The second-order valence-electron chi connectivity index (χ2n) is 9.59. The molecule has 0 radical (unpaired) electrons. The Morgan fingerprint density at radius 1 is 1.14 bits per heavy atom. The summed E-state index contributed by atoms with van der Waals surface area (Å²) >= 11 is 6.18. The van der Waals surface area contributed by atoms with E-state index in [1.54, 1.807) is 15.9 Å². The number of likely N-dealkylation sites (tertiary alicyclic amines) is 1. The number of anilines is 1. The molecule has 0 unspecified atom stereocenters. The molecular formula is C28H27ClFN3O4. The molecule has 1 aromatic heterocycles. The number of halogens is 2. The highest BCUT2D eigenvalue weighted by molar-refractivity contribution is 6.31. The van der Waals surface area contributed by atoms with Crippen LogP contribution in [0.25, 0.3) is 0 Å². The van der Waals surface area contributed by atoms with Gasteiger partial charge in [0.05, 0.1) is 11.6 Å². The van der Waals surface area contributed by atoms with Crippen LogP contribution in [0.4, 0.5) is 10.1 Å². The molecule has 1 fully saturated rings. The molecule has 2 aliphatic rings. The molecule has 2 aliphatic heterocycles. The zero-order chi connectivity index (χ0) is 26.3. The molecule has 1 saturated heterocycles. The summed E-state index contributed by atoms with van der Waals surface area (Å²) in [4.78, 5) is 34.5. The maximum absolute atomic E-state index is 13.8. The van der Waals surface area contributed by atoms with E-state index in [-0.39, 0.29) is 28.7 Å². The maximum Gasteiger partial charge on any atom is 0.263 e. The number of rotatable bonds is 4. The average Bonchev–Trinajstić information content (AvgIpc) is 3.19. The molecule has 37 heavy (non-hydrogen) atoms. The van der Waals surface area contributed by atoms with Crippen molar-refractivity contribution in [3.63, 3.8) is 0 Å². The van der Waals surface area contributed by atoms with Crippen LogP contribution in [0.2, 0.25) is 5.02 Å². The van der Waals surface area contributed by atoms with Gasteiger partial charge in [-0.1, -0.05) is 29.3 Å². The summed E-state index contributed by atoms with van der Waals surface area (Å²) in [5.41, 5.74) is 3.17. The fraction of sp³-hybridized carbons (Fsp3) is 0.321. The van der Waals surface area contributed by atoms with Gasteiger partial charge in [-0.05, 0) is 62.6 Å². The summed E-state index contributed by atoms with van der Waals surface area (Å²) in [7, 11) is 0. The number of aryl methyl sites for hydroxylation is 1. The number of phenolic OH excluding ortho intramolecular Hbond substituents is 1. The molecule has 7 nitrogen and oxygen atoms in total. The molecule has 1 spiro atoms. The van der Waals surface area contributed by atoms with Crippen LogP contribution in [-0.4, -0.2) is 53.0 Å². The Morgan fingerprint density at radius 2 is 1.89 bits per heavy atom. The van der Waals surface area contributed by atoms with Crippen LogP contribution in [0.1, 0.15) is 51.6 Å². The first-order chi connectivity index (χ1) is 17.7. The van der Waals surface area contributed by atoms with E-state index in [9.17, 15) is 19.1 Å². The van der Waals surface area contributed by atoms with Crippen molar-refractivity contribution in [3.05, 3.63) is 81.8 Å². The van der Waals surface area contributed by atoms with Gasteiger partial charge in [0.2, 0.25) is 5.88 Å². The van der Waals surface area contributed by atoms with Crippen LogP contribution in [-0.2, 0) is 5.41 Å². The van der Waals surface area contributed by atoms with Gasteiger partial charge in [0, 0.05) is 42.5 Å². The second-order valence-corrected chi connectivity index (χ2v) is 10.0. The number of pyridine rings is 1. The lowest BCUT2D eigenvalue weighted by molar-refractivity contribution is 0.0670. The predicted molar refractivity (Wildman–Crippen MR) is 138 cm³/mol. The number of hydrogen-bond donors (Lipinski definition) is 1. The van der Waals surface area contributed by atoms with Gasteiger partial charge in [0.1, 0.15) is 5.56 Å². The van der Waals surface area contributed by atoms with Crippen molar-refractivity contribution in [2.24, 2.45) is 0 Å². The first-order valence-electron chi connectivity index (χ1n) is 12.2. The number of ether oxygens (including phenoxy) is 1. The van der Waals surface area contributed by atoms with Crippen LogP contribution in [0, 0.1) is 12.7 Å². The normalized spacial score (nSPS) is 16.1. The lowest BCUT2D eigenvalue weighted by Crippen LogP contribution is -2.48. The van der Waals surface area contributed by atoms with Crippen molar-refractivity contribution < 1.29 is 23.8 Å². The molecule has 0 bridgehead atoms. The van der Waals surface area contributed by atoms with E-state index in [0.717, 1.165) is 22.9 Å². The van der Waals surface area contributed by atoms with Crippen molar-refractivity contribution in [1.29, 1.82) is 0 Å². The number of fused-ring (bicyclic) bond motifs is 2. The van der Waals surface area contributed by atoms with Crippen molar-refractivity contribution in [3.8, 4) is 11.6 Å². The van der Waals surface area contributed by atoms with E-state index in [1.807, 2.05) is 26.0 Å². The summed E-state index contributed by atoms with van der Waals surface area (Å²) in [6, 6.07) is 11.3. The van der Waals surface area contributed by atoms with Gasteiger partial charge in [0.25, 0.3) is 11.8 Å². The Bertz CT molecular complexity index is 1390. The summed E-state index contributed by atoms with van der Waals surface area (Å²) < 4.78 is 19.4. The Balaban J connectivity index is 1.43. The molecule has 2 aromatic carbocycles. The average molecular weight is 524 g/mol. The Labute approximate surface area is 219 Å². The molecule has 9 heteroatoms. The van der Waals surface area contributed by atoms with E-state index in [0.29, 0.717) is 49.7 Å². The van der Waals surface area contributed by atoms with Crippen molar-refractivity contribution in [1.82, 2.24) is 9.88 Å². The highest BCUT2D eigenvalue weighted by Gasteiger charge is 2.47. The number of carbonyl (C=O) groups is 2. The Kier molecular flexibility index (Phi) is 6.54. The fourth-order valence-corrected chi connectivity index (χ4v) is 5.49. The third-order valence-electron chi connectivity index (χ3n) is 7.25. The second kappa shape index (κ2) is 9.67. The van der Waals surface area contributed by atoms with Gasteiger partial charge in [-0.15, -0.1) is 0 Å². The highest BCUT2D eigenvalue weighted by Crippen LogP contribution is 2.48. The van der Waals surface area contributed by atoms with E-state index in [4.69, 9.17) is 16.3 Å². The number of benzene rings is 2. The maximum atomic E-state index is 13.8. The van der Waals surface area contributed by atoms with Crippen LogP contribution in [0.15, 0.2) is 48.7 Å². The van der Waals surface area contributed by atoms with Gasteiger partial charge in [-0.3, -0.25) is 9.59 Å². The minimum atomic E-state index is -0.824. The standard InChI is InChI=1S/C28H27ClFN3O4/c1-3-37-25-20(14-19(29)15-31-25)27(36)33-16-28(21-12-17(2)4-6-23(21)33)8-10-32(11-9-28)26(35)18-5-7-24(34)22(30)13-18/h4-7,12-15,34H,3,8-11,16H2,1-2H3. The predicted octanol–water partition coefficient (Wildman–Crippen LogP) is 5.12. The van der Waals surface area contributed by atoms with E-state index >= 15 is 0 Å². The number of hydrogen-bond acceptors (Lipinski definition) is 5. The number of amides is 2. The number of phenols is 1. The first kappa shape index (κ1) is 25.0. The van der Waals surface area contributed by atoms with Crippen LogP contribution < -0.4 is 9.64 Å². The molecule has 1 N–H and O–H groups in total. The molecule has 192 valence electrons. The van der Waals surface area contributed by atoms with Crippen LogP contribution in [0.3, 0.4) is 0 Å². The number of aromatic nitrogens is 1. The first-order valence-corrected chi connectivity index (χ1v) is 12.6. The lowest BCUT2D eigenvalue weighted by Gasteiger charge is -2.40. The van der Waals surface area contributed by atoms with Crippen LogP contribution >= 0.6 is 11.6 Å². The molecule has 5 rings (SSSR count). The Morgan fingerprint density at radius 3 is 2.59 bits per heavy atom. The van der Waals surface area contributed by atoms with Gasteiger partial charge in [-0.25, -0.2) is 9.37 Å². The summed E-state index contributed by atoms with van der Waals surface area (Å²) in [6.45, 7) is 5.58. The summed E-state index contributed by atoms with van der Waals surface area (Å²) in [5, 5.41) is 9.80. The number of carbonyl (C=O) groups excluding carboxylic acids is 2. The summed E-state index contributed by atoms with van der Waals surface area (Å²) in [6.07, 6.45) is 2.75. The SMILES string of the molecule is CCOc1ncc(Cl)cc1C(=O)N1CC2(CCN(C(=O)c3ccc(O)c(F)c3)CC2)c2cc(C)ccc21. The fourth-order valence-electron chi connectivity index (χ4n) is 5.33. The van der Waals surface area contributed by atoms with E-state index in [2.05, 4.69) is 11.1 Å². The van der Waals surface area contributed by atoms with Gasteiger partial charge in [-0.2, -0.15) is 0 Å². The zero-order valence-electron chi connectivity index (χ0n) is 20.6. The van der Waals surface area contributed by atoms with Gasteiger partial charge in [0.15, 0.2) is 11.6 Å². The minimum absolute atomic E-state index is 0.197. The molecule has 0 aliphatic carbocycles. The number of aromatic hydroxyl groups is 1. The van der Waals surface area contributed by atoms with Gasteiger partial charge >= 0.3 is 0 Å². The highest BCUT2D eigenvalue weighted by atomic mass is 35.5. The lowest BCUT2D eigenvalue weighted by atomic mass is 9.74. The number of piperidine rings is 1. The van der Waals surface area contributed by atoms with Crippen molar-refractivity contribution >= 4 is 29.1 Å². The molecule has 0 saturated carbocycles. The van der Waals surface area contributed by atoms with Crippen molar-refractivity contribution in [2.75, 3.05) is 31.1 Å². The zero-order valence-corrected chi connectivity index (χ0v) is 21.4. The third kappa shape index (κ3) is 4.50. The third-order valence-corrected chi connectivity index (χ3v) is 7.46. The quantitative estimate of drug-likeness (QED) is 0.513. The van der Waals surface area contributed by atoms with Crippen molar-refractivity contribution in [2.45, 2.75) is 32.1 Å².